The lowest BCUT2D eigenvalue weighted by Gasteiger charge is -2.21. The molecule has 0 fully saturated rings. The van der Waals surface area contributed by atoms with Gasteiger partial charge in [-0.1, -0.05) is 149 Å². The van der Waals surface area contributed by atoms with Gasteiger partial charge in [0.15, 0.2) is 0 Å². The molecular weight excluding hydrogens is 468 g/mol. The van der Waals surface area contributed by atoms with Crippen LogP contribution in [0.25, 0.3) is 0 Å². The molecule has 0 aliphatic carbocycles. The summed E-state index contributed by atoms with van der Waals surface area (Å²) in [7, 11) is 1.82. The van der Waals surface area contributed by atoms with Gasteiger partial charge in [-0.25, -0.2) is 0 Å². The van der Waals surface area contributed by atoms with Crippen molar-refractivity contribution >= 4 is 17.5 Å². The Hall–Kier alpha value is -1.84. The number of anilines is 1. The third kappa shape index (κ3) is 14.9. The van der Waals surface area contributed by atoms with Crippen molar-refractivity contribution in [2.75, 3.05) is 18.9 Å². The minimum Gasteiger partial charge on any atom is -0.345 e. The summed E-state index contributed by atoms with van der Waals surface area (Å²) in [4.78, 5) is 27.1. The second-order valence-corrected chi connectivity index (χ2v) is 12.0. The molecule has 0 aromatic heterocycles. The molecule has 0 bridgehead atoms. The third-order valence-electron chi connectivity index (χ3n) is 7.72. The molecule has 0 unspecified atom stereocenters. The van der Waals surface area contributed by atoms with Crippen LogP contribution < -0.4 is 5.32 Å². The number of hydrogen-bond acceptors (Lipinski definition) is 2. The van der Waals surface area contributed by atoms with Gasteiger partial charge in [0.1, 0.15) is 6.42 Å². The molecule has 0 spiro atoms. The Kier molecular flexibility index (Phi) is 18.9. The predicted octanol–water partition coefficient (Wildman–Crippen LogP) is 9.98. The first kappa shape index (κ1) is 34.2. The molecule has 4 heteroatoms. The van der Waals surface area contributed by atoms with Crippen LogP contribution in [-0.4, -0.2) is 30.3 Å². The summed E-state index contributed by atoms with van der Waals surface area (Å²) in [6.45, 7) is 11.5. The smallest absolute Gasteiger partial charge is 0.233 e. The first-order valence-corrected chi connectivity index (χ1v) is 15.9. The van der Waals surface area contributed by atoms with Gasteiger partial charge in [0.2, 0.25) is 11.8 Å². The van der Waals surface area contributed by atoms with Crippen LogP contribution in [0.1, 0.15) is 167 Å². The molecule has 0 saturated heterocycles. The number of para-hydroxylation sites is 1. The normalized spacial score (nSPS) is 11.4. The van der Waals surface area contributed by atoms with Crippen molar-refractivity contribution in [3.63, 3.8) is 0 Å². The van der Waals surface area contributed by atoms with E-state index in [1.54, 1.807) is 4.90 Å². The van der Waals surface area contributed by atoms with Crippen molar-refractivity contribution in [2.45, 2.75) is 156 Å². The highest BCUT2D eigenvalue weighted by atomic mass is 16.2. The number of amides is 2. The summed E-state index contributed by atoms with van der Waals surface area (Å²) in [5.74, 6) is 0.287. The maximum Gasteiger partial charge on any atom is 0.233 e. The second kappa shape index (κ2) is 21.0. The van der Waals surface area contributed by atoms with Gasteiger partial charge in [0.25, 0.3) is 0 Å². The molecule has 0 saturated carbocycles. The molecular formula is C34H60N2O2. The number of carbonyl (C=O) groups is 2. The number of rotatable bonds is 22. The molecule has 0 radical (unpaired) electrons. The zero-order chi connectivity index (χ0) is 28.2. The Morgan fingerprint density at radius 3 is 1.47 bits per heavy atom. The van der Waals surface area contributed by atoms with Gasteiger partial charge in [-0.2, -0.15) is 0 Å². The minimum atomic E-state index is -0.219. The molecule has 4 nitrogen and oxygen atoms in total. The fraction of sp³-hybridized carbons (Fsp3) is 0.765. The largest absolute Gasteiger partial charge is 0.345 e. The van der Waals surface area contributed by atoms with Gasteiger partial charge >= 0.3 is 0 Å². The lowest BCUT2D eigenvalue weighted by atomic mass is 9.92. The predicted molar refractivity (Wildman–Crippen MR) is 165 cm³/mol. The number of unbranched alkanes of at least 4 members (excludes halogenated alkanes) is 15. The quantitative estimate of drug-likeness (QED) is 0.120. The van der Waals surface area contributed by atoms with E-state index in [0.29, 0.717) is 11.8 Å². The monoisotopic (exact) mass is 528 g/mol. The van der Waals surface area contributed by atoms with E-state index in [1.165, 1.54) is 89.9 Å². The standard InChI is InChI=1S/C34H60N2O2/c1-7-8-9-10-11-12-13-14-15-16-17-18-19-20-21-22-26-36(6)33(38)27-32(37)35-34-30(28(2)3)24-23-25-31(34)29(4)5/h23-25,28-29H,7-22,26-27H2,1-6H3,(H,35,37). The van der Waals surface area contributed by atoms with E-state index in [4.69, 9.17) is 0 Å². The summed E-state index contributed by atoms with van der Waals surface area (Å²) in [6.07, 6.45) is 21.4. The Bertz CT molecular complexity index is 745. The summed E-state index contributed by atoms with van der Waals surface area (Å²) in [6, 6.07) is 6.19. The molecule has 0 aliphatic heterocycles. The third-order valence-corrected chi connectivity index (χ3v) is 7.72. The lowest BCUT2D eigenvalue weighted by molar-refractivity contribution is -0.133. The van der Waals surface area contributed by atoms with Gasteiger partial charge in [-0.05, 0) is 29.4 Å². The number of hydrogen-bond donors (Lipinski definition) is 1. The fourth-order valence-corrected chi connectivity index (χ4v) is 5.17. The fourth-order valence-electron chi connectivity index (χ4n) is 5.17. The Morgan fingerprint density at radius 2 is 1.08 bits per heavy atom. The highest BCUT2D eigenvalue weighted by molar-refractivity contribution is 6.04. The van der Waals surface area contributed by atoms with Crippen molar-refractivity contribution in [2.24, 2.45) is 0 Å². The van der Waals surface area contributed by atoms with E-state index in [2.05, 4.69) is 58.1 Å². The van der Waals surface area contributed by atoms with Crippen molar-refractivity contribution in [3.05, 3.63) is 29.3 Å². The summed E-state index contributed by atoms with van der Waals surface area (Å²) in [5, 5.41) is 3.07. The number of benzene rings is 1. The molecule has 0 aliphatic rings. The summed E-state index contributed by atoms with van der Waals surface area (Å²) in [5.41, 5.74) is 3.13. The van der Waals surface area contributed by atoms with Gasteiger partial charge in [0.05, 0.1) is 0 Å². The van der Waals surface area contributed by atoms with Crippen LogP contribution in [0.15, 0.2) is 18.2 Å². The lowest BCUT2D eigenvalue weighted by Crippen LogP contribution is -2.31. The molecule has 1 N–H and O–H groups in total. The maximum absolute atomic E-state index is 12.7. The average molecular weight is 529 g/mol. The zero-order valence-corrected chi connectivity index (χ0v) is 25.9. The molecule has 0 heterocycles. The molecule has 2 amide bonds. The highest BCUT2D eigenvalue weighted by Gasteiger charge is 2.19. The van der Waals surface area contributed by atoms with Gasteiger partial charge < -0.3 is 10.2 Å². The van der Waals surface area contributed by atoms with Crippen molar-refractivity contribution in [1.29, 1.82) is 0 Å². The second-order valence-electron chi connectivity index (χ2n) is 12.0. The Balaban J connectivity index is 2.14. The summed E-state index contributed by atoms with van der Waals surface area (Å²) >= 11 is 0. The summed E-state index contributed by atoms with van der Waals surface area (Å²) < 4.78 is 0. The first-order chi connectivity index (χ1) is 18.3. The van der Waals surface area contributed by atoms with Gasteiger partial charge in [-0.3, -0.25) is 9.59 Å². The molecule has 38 heavy (non-hydrogen) atoms. The number of carbonyl (C=O) groups excluding carboxylic acids is 2. The van der Waals surface area contributed by atoms with Crippen LogP contribution in [0.2, 0.25) is 0 Å². The van der Waals surface area contributed by atoms with E-state index < -0.39 is 0 Å². The average Bonchev–Trinajstić information content (AvgIpc) is 2.87. The topological polar surface area (TPSA) is 49.4 Å². The van der Waals surface area contributed by atoms with E-state index >= 15 is 0 Å². The number of nitrogens with zero attached hydrogens (tertiary/aromatic N) is 1. The molecule has 0 atom stereocenters. The van der Waals surface area contributed by atoms with Crippen LogP contribution in [0.4, 0.5) is 5.69 Å². The molecule has 1 rings (SSSR count). The zero-order valence-electron chi connectivity index (χ0n) is 25.9. The van der Waals surface area contributed by atoms with E-state index in [1.807, 2.05) is 7.05 Å². The van der Waals surface area contributed by atoms with E-state index in [0.717, 1.165) is 36.2 Å². The minimum absolute atomic E-state index is 0.0979. The van der Waals surface area contributed by atoms with E-state index in [-0.39, 0.29) is 18.2 Å². The van der Waals surface area contributed by atoms with Crippen LogP contribution in [0, 0.1) is 0 Å². The maximum atomic E-state index is 12.7. The van der Waals surface area contributed by atoms with Crippen LogP contribution in [0.3, 0.4) is 0 Å². The molecule has 218 valence electrons. The Morgan fingerprint density at radius 1 is 0.684 bits per heavy atom. The first-order valence-electron chi connectivity index (χ1n) is 15.9. The van der Waals surface area contributed by atoms with Crippen LogP contribution >= 0.6 is 0 Å². The Labute approximate surface area is 235 Å². The SMILES string of the molecule is CCCCCCCCCCCCCCCCCCN(C)C(=O)CC(=O)Nc1c(C(C)C)cccc1C(C)C. The molecule has 1 aromatic rings. The van der Waals surface area contributed by atoms with E-state index in [9.17, 15) is 9.59 Å². The number of nitrogens with one attached hydrogen (secondary N) is 1. The van der Waals surface area contributed by atoms with Crippen LogP contribution in [-0.2, 0) is 9.59 Å². The van der Waals surface area contributed by atoms with Crippen molar-refractivity contribution in [1.82, 2.24) is 4.90 Å². The highest BCUT2D eigenvalue weighted by Crippen LogP contribution is 2.32. The van der Waals surface area contributed by atoms with Crippen molar-refractivity contribution < 1.29 is 9.59 Å². The van der Waals surface area contributed by atoms with Crippen molar-refractivity contribution in [3.8, 4) is 0 Å². The van der Waals surface area contributed by atoms with Gasteiger partial charge in [-0.15, -0.1) is 0 Å². The van der Waals surface area contributed by atoms with Gasteiger partial charge in [0, 0.05) is 19.3 Å². The molecule has 1 aromatic carbocycles. The van der Waals surface area contributed by atoms with Crippen LogP contribution in [0.5, 0.6) is 0 Å².